The number of hydrogen-bond acceptors (Lipinski definition) is 0. The number of nitrogens with one attached hydrogen (secondary N) is 1. The minimum atomic E-state index is 0. The molecule has 1 N–H and O–H groups in total. The van der Waals surface area contributed by atoms with E-state index in [9.17, 15) is 0 Å². The Morgan fingerprint density at radius 3 is 2.20 bits per heavy atom. The van der Waals surface area contributed by atoms with Crippen molar-refractivity contribution in [1.82, 2.24) is 0 Å². The summed E-state index contributed by atoms with van der Waals surface area (Å²) in [6.07, 6.45) is 5.02. The molecule has 56 valence electrons. The van der Waals surface area contributed by atoms with E-state index in [0.717, 1.165) is 0 Å². The van der Waals surface area contributed by atoms with E-state index in [2.05, 4.69) is 13.8 Å². The van der Waals surface area contributed by atoms with Gasteiger partial charge in [0.05, 0.1) is 0 Å². The zero-order chi connectivity index (χ0) is 7.11. The Morgan fingerprint density at radius 1 is 1.30 bits per heavy atom. The third-order valence-electron chi connectivity index (χ3n) is 1.83. The quantitative estimate of drug-likeness (QED) is 0.483. The maximum atomic E-state index is 7.14. The molecule has 10 heavy (non-hydrogen) atoms. The van der Waals surface area contributed by atoms with E-state index in [4.69, 9.17) is 5.73 Å². The third-order valence-corrected chi connectivity index (χ3v) is 1.83. The minimum Gasteiger partial charge on any atom is -0.677 e. The van der Waals surface area contributed by atoms with Gasteiger partial charge in [-0.15, -0.1) is 6.54 Å². The van der Waals surface area contributed by atoms with Gasteiger partial charge in [-0.25, -0.2) is 0 Å². The molecule has 0 heterocycles. The van der Waals surface area contributed by atoms with Gasteiger partial charge < -0.3 is 5.73 Å². The van der Waals surface area contributed by atoms with Gasteiger partial charge in [0.15, 0.2) is 0 Å². The SMILES string of the molecule is CCCCC(CC)C[NH-].[Li+]. The van der Waals surface area contributed by atoms with Gasteiger partial charge in [0.2, 0.25) is 0 Å². The Morgan fingerprint density at radius 2 is 1.90 bits per heavy atom. The van der Waals surface area contributed by atoms with Crippen LogP contribution in [-0.4, -0.2) is 6.54 Å². The molecular weight excluding hydrogens is 117 g/mol. The monoisotopic (exact) mass is 135 g/mol. The molecule has 0 rings (SSSR count). The fraction of sp³-hybridized carbons (Fsp3) is 1.00. The number of unbranched alkanes of at least 4 members (excludes halogenated alkanes) is 1. The van der Waals surface area contributed by atoms with Crippen molar-refractivity contribution < 1.29 is 18.9 Å². The first-order valence-corrected chi connectivity index (χ1v) is 3.99. The molecule has 0 aliphatic carbocycles. The van der Waals surface area contributed by atoms with Crippen LogP contribution in [0.3, 0.4) is 0 Å². The molecule has 0 aromatic rings. The van der Waals surface area contributed by atoms with Crippen molar-refractivity contribution in [2.75, 3.05) is 6.54 Å². The molecular formula is C8H18LiN. The number of hydrogen-bond donors (Lipinski definition) is 0. The second kappa shape index (κ2) is 9.56. The van der Waals surface area contributed by atoms with Crippen molar-refractivity contribution in [2.24, 2.45) is 5.92 Å². The van der Waals surface area contributed by atoms with Gasteiger partial charge in [-0.2, -0.15) is 0 Å². The van der Waals surface area contributed by atoms with E-state index in [1.807, 2.05) is 0 Å². The molecule has 0 saturated carbocycles. The van der Waals surface area contributed by atoms with Gasteiger partial charge in [-0.3, -0.25) is 0 Å². The van der Waals surface area contributed by atoms with Crippen LogP contribution >= 0.6 is 0 Å². The molecule has 0 spiro atoms. The van der Waals surface area contributed by atoms with Crippen molar-refractivity contribution in [2.45, 2.75) is 39.5 Å². The summed E-state index contributed by atoms with van der Waals surface area (Å²) in [7, 11) is 0. The molecule has 1 unspecified atom stereocenters. The van der Waals surface area contributed by atoms with E-state index in [1.165, 1.54) is 25.7 Å². The maximum absolute atomic E-state index is 7.14. The number of rotatable bonds is 5. The topological polar surface area (TPSA) is 23.8 Å². The molecule has 0 aliphatic rings. The van der Waals surface area contributed by atoms with Crippen molar-refractivity contribution >= 4 is 0 Å². The van der Waals surface area contributed by atoms with Gasteiger partial charge in [-0.1, -0.05) is 45.4 Å². The van der Waals surface area contributed by atoms with E-state index in [-0.39, 0.29) is 18.9 Å². The van der Waals surface area contributed by atoms with Crippen molar-refractivity contribution in [1.29, 1.82) is 0 Å². The smallest absolute Gasteiger partial charge is 0.677 e. The Labute approximate surface area is 76.9 Å². The van der Waals surface area contributed by atoms with E-state index < -0.39 is 0 Å². The van der Waals surface area contributed by atoms with E-state index in [1.54, 1.807) is 0 Å². The standard InChI is InChI=1S/C8H18N.Li/c1-3-5-6-8(4-2)7-9;/h8-9H,3-7H2,1-2H3;/q-1;+1. The summed E-state index contributed by atoms with van der Waals surface area (Å²) in [5, 5.41) is 0. The predicted octanol–water partition coefficient (Wildman–Crippen LogP) is 0.259. The molecule has 0 aromatic carbocycles. The minimum absolute atomic E-state index is 0. The van der Waals surface area contributed by atoms with Gasteiger partial charge in [0.25, 0.3) is 0 Å². The van der Waals surface area contributed by atoms with Gasteiger partial charge >= 0.3 is 18.9 Å². The molecule has 0 saturated heterocycles. The van der Waals surface area contributed by atoms with Crippen LogP contribution in [0.4, 0.5) is 0 Å². The Bertz CT molecular complexity index is 53.2. The molecule has 1 atom stereocenters. The molecule has 0 aliphatic heterocycles. The summed E-state index contributed by atoms with van der Waals surface area (Å²) in [5.74, 6) is 0.671. The van der Waals surface area contributed by atoms with Gasteiger partial charge in [-0.05, 0) is 0 Å². The van der Waals surface area contributed by atoms with Crippen LogP contribution in [0.25, 0.3) is 5.73 Å². The summed E-state index contributed by atoms with van der Waals surface area (Å²) in [6, 6.07) is 0. The Balaban J connectivity index is 0. The Hall–Kier alpha value is 0.557. The molecule has 0 bridgehead atoms. The normalized spacial score (nSPS) is 12.3. The van der Waals surface area contributed by atoms with Crippen LogP contribution in [-0.2, 0) is 0 Å². The second-order valence-corrected chi connectivity index (χ2v) is 2.62. The average molecular weight is 135 g/mol. The van der Waals surface area contributed by atoms with E-state index in [0.29, 0.717) is 12.5 Å². The molecule has 1 nitrogen and oxygen atoms in total. The summed E-state index contributed by atoms with van der Waals surface area (Å²) in [6.45, 7) is 5.00. The van der Waals surface area contributed by atoms with Crippen molar-refractivity contribution in [3.05, 3.63) is 5.73 Å². The van der Waals surface area contributed by atoms with Crippen molar-refractivity contribution in [3.8, 4) is 0 Å². The van der Waals surface area contributed by atoms with Crippen LogP contribution in [0.2, 0.25) is 0 Å². The summed E-state index contributed by atoms with van der Waals surface area (Å²) in [4.78, 5) is 0. The average Bonchev–Trinajstić information content (AvgIpc) is 1.91. The van der Waals surface area contributed by atoms with E-state index >= 15 is 0 Å². The summed E-state index contributed by atoms with van der Waals surface area (Å²) in [5.41, 5.74) is 7.14. The van der Waals surface area contributed by atoms with Crippen LogP contribution in [0, 0.1) is 5.92 Å². The first-order valence-electron chi connectivity index (χ1n) is 3.99. The molecule has 2 heteroatoms. The maximum Gasteiger partial charge on any atom is 1.00 e. The largest absolute Gasteiger partial charge is 1.00 e. The molecule has 0 radical (unpaired) electrons. The van der Waals surface area contributed by atoms with Gasteiger partial charge in [0, 0.05) is 0 Å². The van der Waals surface area contributed by atoms with Crippen LogP contribution in [0.15, 0.2) is 0 Å². The zero-order valence-corrected chi connectivity index (χ0v) is 7.61. The second-order valence-electron chi connectivity index (χ2n) is 2.62. The molecule has 0 fully saturated rings. The summed E-state index contributed by atoms with van der Waals surface area (Å²) < 4.78 is 0. The molecule has 0 aromatic heterocycles. The van der Waals surface area contributed by atoms with Crippen LogP contribution < -0.4 is 18.9 Å². The fourth-order valence-corrected chi connectivity index (χ4v) is 0.943. The summed E-state index contributed by atoms with van der Waals surface area (Å²) >= 11 is 0. The third kappa shape index (κ3) is 6.67. The van der Waals surface area contributed by atoms with Gasteiger partial charge in [0.1, 0.15) is 0 Å². The predicted molar refractivity (Wildman–Crippen MR) is 42.5 cm³/mol. The fourth-order valence-electron chi connectivity index (χ4n) is 0.943. The Kier molecular flexibility index (Phi) is 12.6. The first kappa shape index (κ1) is 13.2. The molecule has 0 amide bonds. The van der Waals surface area contributed by atoms with Crippen molar-refractivity contribution in [3.63, 3.8) is 0 Å². The zero-order valence-electron chi connectivity index (χ0n) is 7.61. The van der Waals surface area contributed by atoms with Crippen LogP contribution in [0.5, 0.6) is 0 Å². The van der Waals surface area contributed by atoms with Crippen LogP contribution in [0.1, 0.15) is 39.5 Å². The first-order chi connectivity index (χ1) is 4.35.